The van der Waals surface area contributed by atoms with Gasteiger partial charge in [0.15, 0.2) is 0 Å². The zero-order chi connectivity index (χ0) is 18.9. The summed E-state index contributed by atoms with van der Waals surface area (Å²) in [5.74, 6) is -0.197. The SMILES string of the molecule is O=C(O)CSCCC=CC1C(=O)NC(=O)N1CCC(O)C1CCCCC1. The first kappa shape index (κ1) is 20.8. The zero-order valence-corrected chi connectivity index (χ0v) is 15.7. The Morgan fingerprint density at radius 1 is 1.31 bits per heavy atom. The molecule has 0 aromatic rings. The molecule has 0 aromatic heterocycles. The summed E-state index contributed by atoms with van der Waals surface area (Å²) in [6, 6.07) is -1.06. The van der Waals surface area contributed by atoms with Crippen molar-refractivity contribution in [1.82, 2.24) is 10.2 Å². The van der Waals surface area contributed by atoms with Crippen LogP contribution in [0.2, 0.25) is 0 Å². The highest BCUT2D eigenvalue weighted by atomic mass is 32.2. The van der Waals surface area contributed by atoms with Crippen molar-refractivity contribution in [2.75, 3.05) is 18.1 Å². The molecule has 1 heterocycles. The molecule has 0 bridgehead atoms. The number of rotatable bonds is 10. The van der Waals surface area contributed by atoms with Crippen LogP contribution in [0.15, 0.2) is 12.2 Å². The average molecular weight is 384 g/mol. The van der Waals surface area contributed by atoms with Crippen molar-refractivity contribution in [2.45, 2.75) is 57.1 Å². The summed E-state index contributed by atoms with van der Waals surface area (Å²) in [5, 5.41) is 21.3. The van der Waals surface area contributed by atoms with Crippen LogP contribution >= 0.6 is 11.8 Å². The molecule has 3 N–H and O–H groups in total. The molecule has 2 aliphatic rings. The summed E-state index contributed by atoms with van der Waals surface area (Å²) in [5.41, 5.74) is 0. The molecule has 0 spiro atoms. The predicted octanol–water partition coefficient (Wildman–Crippen LogP) is 2.00. The monoisotopic (exact) mass is 384 g/mol. The normalized spacial score (nSPS) is 22.8. The Kier molecular flexibility index (Phi) is 8.44. The quantitative estimate of drug-likeness (QED) is 0.302. The molecule has 1 saturated carbocycles. The molecule has 2 unspecified atom stereocenters. The van der Waals surface area contributed by atoms with Gasteiger partial charge in [0.25, 0.3) is 5.91 Å². The van der Waals surface area contributed by atoms with Crippen LogP contribution in [0.25, 0.3) is 0 Å². The van der Waals surface area contributed by atoms with Gasteiger partial charge in [0, 0.05) is 6.54 Å². The third kappa shape index (κ3) is 6.32. The number of nitrogens with one attached hydrogen (secondary N) is 1. The highest BCUT2D eigenvalue weighted by molar-refractivity contribution is 7.99. The van der Waals surface area contributed by atoms with Gasteiger partial charge in [0.05, 0.1) is 11.9 Å². The summed E-state index contributed by atoms with van der Waals surface area (Å²) >= 11 is 1.31. The van der Waals surface area contributed by atoms with Crippen molar-refractivity contribution >= 4 is 29.7 Å². The van der Waals surface area contributed by atoms with E-state index in [4.69, 9.17) is 5.11 Å². The van der Waals surface area contributed by atoms with Crippen molar-refractivity contribution in [2.24, 2.45) is 5.92 Å². The van der Waals surface area contributed by atoms with E-state index in [-0.39, 0.29) is 11.7 Å². The molecule has 8 heteroatoms. The molecule has 1 aliphatic carbocycles. The largest absolute Gasteiger partial charge is 0.481 e. The first-order valence-electron chi connectivity index (χ1n) is 9.24. The van der Waals surface area contributed by atoms with Gasteiger partial charge in [-0.05, 0) is 37.4 Å². The van der Waals surface area contributed by atoms with Crippen LogP contribution in [0, 0.1) is 5.92 Å². The van der Waals surface area contributed by atoms with Crippen molar-refractivity contribution < 1.29 is 24.6 Å². The number of aliphatic hydroxyl groups excluding tert-OH is 1. The minimum absolute atomic E-state index is 0.0570. The fourth-order valence-corrected chi connectivity index (χ4v) is 4.13. The first-order valence-corrected chi connectivity index (χ1v) is 10.4. The maximum Gasteiger partial charge on any atom is 0.325 e. The molecular formula is C18H28N2O5S. The van der Waals surface area contributed by atoms with Crippen LogP contribution in [0.1, 0.15) is 44.9 Å². The van der Waals surface area contributed by atoms with Crippen molar-refractivity contribution in [3.8, 4) is 0 Å². The Hall–Kier alpha value is -1.54. The highest BCUT2D eigenvalue weighted by Crippen LogP contribution is 2.28. The Balaban J connectivity index is 1.79. The third-order valence-corrected chi connectivity index (χ3v) is 5.90. The number of allylic oxidation sites excluding steroid dienone is 1. The Labute approximate surface area is 158 Å². The van der Waals surface area contributed by atoms with Crippen LogP contribution in [0.4, 0.5) is 4.79 Å². The number of thioether (sulfide) groups is 1. The van der Waals surface area contributed by atoms with Gasteiger partial charge in [-0.15, -0.1) is 11.8 Å². The molecule has 0 aromatic carbocycles. The van der Waals surface area contributed by atoms with Gasteiger partial charge in [-0.3, -0.25) is 14.9 Å². The van der Waals surface area contributed by atoms with Gasteiger partial charge in [-0.2, -0.15) is 0 Å². The predicted molar refractivity (Wildman–Crippen MR) is 99.9 cm³/mol. The van der Waals surface area contributed by atoms with E-state index in [2.05, 4.69) is 5.32 Å². The number of hydrogen-bond donors (Lipinski definition) is 3. The number of carboxylic acids is 1. The fourth-order valence-electron chi connectivity index (χ4n) is 3.51. The molecule has 2 rings (SSSR count). The maximum absolute atomic E-state index is 12.0. The van der Waals surface area contributed by atoms with Crippen LogP contribution < -0.4 is 5.32 Å². The Morgan fingerprint density at radius 2 is 2.04 bits per heavy atom. The smallest absolute Gasteiger partial charge is 0.325 e. The molecular weight excluding hydrogens is 356 g/mol. The van der Waals surface area contributed by atoms with E-state index >= 15 is 0 Å². The molecule has 7 nitrogen and oxygen atoms in total. The number of imide groups is 1. The zero-order valence-electron chi connectivity index (χ0n) is 14.9. The second kappa shape index (κ2) is 10.6. The number of amides is 3. The van der Waals surface area contributed by atoms with Crippen LogP contribution in [-0.2, 0) is 9.59 Å². The van der Waals surface area contributed by atoms with E-state index in [9.17, 15) is 19.5 Å². The molecule has 1 aliphatic heterocycles. The van der Waals surface area contributed by atoms with Gasteiger partial charge >= 0.3 is 12.0 Å². The van der Waals surface area contributed by atoms with Crippen molar-refractivity contribution in [3.63, 3.8) is 0 Å². The second-order valence-corrected chi connectivity index (χ2v) is 7.96. The molecule has 0 radical (unpaired) electrons. The lowest BCUT2D eigenvalue weighted by molar-refractivity contribution is -0.133. The lowest BCUT2D eigenvalue weighted by Crippen LogP contribution is -2.37. The minimum atomic E-state index is -0.845. The van der Waals surface area contributed by atoms with Crippen LogP contribution in [-0.4, -0.2) is 63.2 Å². The van der Waals surface area contributed by atoms with Gasteiger partial charge < -0.3 is 15.1 Å². The standard InChI is InChI=1S/C18H28N2O5S/c21-15(13-6-2-1-3-7-13)9-10-20-14(17(24)19-18(20)25)8-4-5-11-26-12-16(22)23/h4,8,13-15,21H,1-3,5-7,9-12H2,(H,22,23)(H,19,24,25). The van der Waals surface area contributed by atoms with E-state index in [0.717, 1.165) is 25.7 Å². The highest BCUT2D eigenvalue weighted by Gasteiger charge is 2.36. The maximum atomic E-state index is 12.0. The molecule has 2 fully saturated rings. The number of carboxylic acid groups (broad SMARTS) is 1. The second-order valence-electron chi connectivity index (χ2n) is 6.85. The van der Waals surface area contributed by atoms with E-state index in [1.165, 1.54) is 23.1 Å². The summed E-state index contributed by atoms with van der Waals surface area (Å²) in [6.45, 7) is 0.345. The van der Waals surface area contributed by atoms with Crippen LogP contribution in [0.5, 0.6) is 0 Å². The van der Waals surface area contributed by atoms with E-state index < -0.39 is 24.1 Å². The van der Waals surface area contributed by atoms with Gasteiger partial charge in [0.1, 0.15) is 6.04 Å². The molecule has 2 atom stereocenters. The molecule has 146 valence electrons. The number of urea groups is 1. The number of nitrogens with zero attached hydrogens (tertiary/aromatic N) is 1. The third-order valence-electron chi connectivity index (χ3n) is 4.93. The summed E-state index contributed by atoms with van der Waals surface area (Å²) in [4.78, 5) is 35.9. The summed E-state index contributed by atoms with van der Waals surface area (Å²) in [6.07, 6.45) is 9.76. The first-order chi connectivity index (χ1) is 12.5. The van der Waals surface area contributed by atoms with E-state index in [0.29, 0.717) is 31.1 Å². The topological polar surface area (TPSA) is 107 Å². The Bertz CT molecular complexity index is 534. The molecule has 3 amide bonds. The van der Waals surface area contributed by atoms with Gasteiger partial charge in [0.2, 0.25) is 0 Å². The molecule has 26 heavy (non-hydrogen) atoms. The lowest BCUT2D eigenvalue weighted by atomic mass is 9.84. The fraction of sp³-hybridized carbons (Fsp3) is 0.722. The number of aliphatic hydroxyl groups is 1. The number of carbonyl (C=O) groups is 3. The van der Waals surface area contributed by atoms with Gasteiger partial charge in [-0.1, -0.05) is 31.4 Å². The van der Waals surface area contributed by atoms with Crippen molar-refractivity contribution in [3.05, 3.63) is 12.2 Å². The number of carbonyl (C=O) groups excluding carboxylic acids is 2. The van der Waals surface area contributed by atoms with Gasteiger partial charge in [-0.25, -0.2) is 4.79 Å². The number of aliphatic carboxylic acids is 1. The van der Waals surface area contributed by atoms with Crippen LogP contribution in [0.3, 0.4) is 0 Å². The summed E-state index contributed by atoms with van der Waals surface area (Å²) < 4.78 is 0. The Morgan fingerprint density at radius 3 is 2.73 bits per heavy atom. The summed E-state index contributed by atoms with van der Waals surface area (Å²) in [7, 11) is 0. The van der Waals surface area contributed by atoms with Crippen molar-refractivity contribution in [1.29, 1.82) is 0 Å². The lowest BCUT2D eigenvalue weighted by Gasteiger charge is -2.28. The average Bonchev–Trinajstić information content (AvgIpc) is 2.89. The van der Waals surface area contributed by atoms with E-state index in [1.54, 1.807) is 6.08 Å². The van der Waals surface area contributed by atoms with E-state index in [1.807, 2.05) is 6.08 Å². The minimum Gasteiger partial charge on any atom is -0.481 e. The number of hydrogen-bond acceptors (Lipinski definition) is 5. The molecule has 1 saturated heterocycles.